The first-order valence-corrected chi connectivity index (χ1v) is 11.8. The Bertz CT molecular complexity index is 1030. The topological polar surface area (TPSA) is 96.5 Å². The van der Waals surface area contributed by atoms with Gasteiger partial charge in [-0.05, 0) is 69.0 Å². The Hall–Kier alpha value is -2.68. The van der Waals surface area contributed by atoms with Crippen molar-refractivity contribution in [1.29, 1.82) is 0 Å². The Balaban J connectivity index is 1.50. The van der Waals surface area contributed by atoms with Crippen molar-refractivity contribution in [2.24, 2.45) is 10.4 Å². The van der Waals surface area contributed by atoms with Gasteiger partial charge >= 0.3 is 0 Å². The molecule has 4 rings (SSSR count). The van der Waals surface area contributed by atoms with E-state index >= 15 is 0 Å². The molecule has 1 spiro atoms. The SMILES string of the molecule is CC(C)N(C)c1nc(N)ncc1N=C(C=O)c1ccc(NSC2CC3(CCC3)C2)c(F)c1. The summed E-state index contributed by atoms with van der Waals surface area (Å²) in [6, 6.07) is 4.80. The van der Waals surface area contributed by atoms with Crippen molar-refractivity contribution in [2.75, 3.05) is 22.4 Å². The van der Waals surface area contributed by atoms with E-state index in [1.54, 1.807) is 24.1 Å². The zero-order chi connectivity index (χ0) is 22.9. The number of hydrogen-bond acceptors (Lipinski definition) is 8. The highest BCUT2D eigenvalue weighted by atomic mass is 32.2. The molecule has 9 heteroatoms. The van der Waals surface area contributed by atoms with Gasteiger partial charge in [0.15, 0.2) is 12.1 Å². The fourth-order valence-corrected chi connectivity index (χ4v) is 5.56. The minimum atomic E-state index is -0.421. The summed E-state index contributed by atoms with van der Waals surface area (Å²) >= 11 is 1.59. The van der Waals surface area contributed by atoms with E-state index in [4.69, 9.17) is 5.73 Å². The summed E-state index contributed by atoms with van der Waals surface area (Å²) in [5, 5.41) is 0.531. The van der Waals surface area contributed by atoms with Crippen molar-refractivity contribution < 1.29 is 9.18 Å². The molecule has 1 heterocycles. The van der Waals surface area contributed by atoms with Crippen molar-refractivity contribution >= 4 is 47.1 Å². The number of halogens is 1. The third-order valence-electron chi connectivity index (χ3n) is 6.57. The highest BCUT2D eigenvalue weighted by Crippen LogP contribution is 2.59. The molecule has 0 amide bonds. The number of nitrogen functional groups attached to an aromatic ring is 1. The normalized spacial score (nSPS) is 17.7. The van der Waals surface area contributed by atoms with E-state index in [1.807, 2.05) is 25.8 Å². The van der Waals surface area contributed by atoms with Gasteiger partial charge < -0.3 is 15.4 Å². The van der Waals surface area contributed by atoms with Crippen LogP contribution < -0.4 is 15.4 Å². The maximum absolute atomic E-state index is 14.8. The predicted molar refractivity (Wildman–Crippen MR) is 129 cm³/mol. The molecule has 0 atom stereocenters. The van der Waals surface area contributed by atoms with E-state index in [2.05, 4.69) is 19.7 Å². The molecule has 0 saturated heterocycles. The lowest BCUT2D eigenvalue weighted by Gasteiger charge is -2.53. The summed E-state index contributed by atoms with van der Waals surface area (Å²) < 4.78 is 17.9. The van der Waals surface area contributed by atoms with Gasteiger partial charge in [0.25, 0.3) is 0 Å². The first-order valence-electron chi connectivity index (χ1n) is 10.9. The first-order chi connectivity index (χ1) is 15.3. The van der Waals surface area contributed by atoms with Gasteiger partial charge in [0.1, 0.15) is 17.2 Å². The van der Waals surface area contributed by atoms with E-state index in [0.29, 0.717) is 39.7 Å². The molecule has 1 aromatic carbocycles. The van der Waals surface area contributed by atoms with Gasteiger partial charge in [-0.25, -0.2) is 14.4 Å². The Labute approximate surface area is 192 Å². The van der Waals surface area contributed by atoms with Crippen LogP contribution in [0.15, 0.2) is 29.4 Å². The van der Waals surface area contributed by atoms with Crippen LogP contribution in [0.1, 0.15) is 51.5 Å². The highest BCUT2D eigenvalue weighted by molar-refractivity contribution is 8.01. The van der Waals surface area contributed by atoms with E-state index < -0.39 is 5.82 Å². The van der Waals surface area contributed by atoms with Crippen molar-refractivity contribution in [3.05, 3.63) is 35.8 Å². The molecule has 2 aromatic rings. The molecule has 0 bridgehead atoms. The molecule has 0 unspecified atom stereocenters. The summed E-state index contributed by atoms with van der Waals surface area (Å²) in [4.78, 5) is 26.4. The number of hydrogen-bond donors (Lipinski definition) is 2. The van der Waals surface area contributed by atoms with Gasteiger partial charge in [-0.2, -0.15) is 4.98 Å². The minimum absolute atomic E-state index is 0.0980. The number of nitrogens with zero attached hydrogens (tertiary/aromatic N) is 4. The second-order valence-electron chi connectivity index (χ2n) is 9.05. The first kappa shape index (κ1) is 22.5. The number of aldehydes is 1. The van der Waals surface area contributed by atoms with E-state index in [1.165, 1.54) is 44.4 Å². The van der Waals surface area contributed by atoms with Crippen molar-refractivity contribution in [3.63, 3.8) is 0 Å². The van der Waals surface area contributed by atoms with Gasteiger partial charge in [0, 0.05) is 23.9 Å². The average Bonchev–Trinajstić information content (AvgIpc) is 2.70. The molecule has 2 saturated carbocycles. The Morgan fingerprint density at radius 2 is 2.16 bits per heavy atom. The number of anilines is 3. The molecular weight excluding hydrogens is 427 g/mol. The number of aromatic nitrogens is 2. The lowest BCUT2D eigenvalue weighted by atomic mass is 9.56. The summed E-state index contributed by atoms with van der Waals surface area (Å²) in [6.07, 6.45) is 8.53. The van der Waals surface area contributed by atoms with Crippen molar-refractivity contribution in [2.45, 2.75) is 57.2 Å². The Kier molecular flexibility index (Phi) is 6.37. The zero-order valence-corrected chi connectivity index (χ0v) is 19.5. The minimum Gasteiger partial charge on any atom is -0.368 e. The Morgan fingerprint density at radius 3 is 2.75 bits per heavy atom. The molecule has 1 aromatic heterocycles. The lowest BCUT2D eigenvalue weighted by Crippen LogP contribution is -2.44. The fraction of sp³-hybridized carbons (Fsp3) is 0.478. The number of carbonyl (C=O) groups is 1. The van der Waals surface area contributed by atoms with Gasteiger partial charge in [0.05, 0.1) is 11.9 Å². The van der Waals surface area contributed by atoms with Gasteiger partial charge in [0.2, 0.25) is 5.95 Å². The molecule has 2 aliphatic carbocycles. The number of aliphatic imine (C=N–C) groups is 1. The predicted octanol–water partition coefficient (Wildman–Crippen LogP) is 4.76. The molecule has 7 nitrogen and oxygen atoms in total. The van der Waals surface area contributed by atoms with Crippen LogP contribution in [0.4, 0.5) is 27.5 Å². The van der Waals surface area contributed by atoms with Crippen molar-refractivity contribution in [3.8, 4) is 0 Å². The molecular formula is C23H29FN6OS. The lowest BCUT2D eigenvalue weighted by molar-refractivity contribution is -0.102. The summed E-state index contributed by atoms with van der Waals surface area (Å²) in [6.45, 7) is 4.00. The van der Waals surface area contributed by atoms with Crippen LogP contribution in [0.2, 0.25) is 0 Å². The third-order valence-corrected chi connectivity index (χ3v) is 7.57. The van der Waals surface area contributed by atoms with Crippen LogP contribution in [0.3, 0.4) is 0 Å². The summed E-state index contributed by atoms with van der Waals surface area (Å²) in [5.41, 5.74) is 7.62. The van der Waals surface area contributed by atoms with Crippen LogP contribution in [-0.4, -0.2) is 40.3 Å². The molecule has 2 aliphatic rings. The highest BCUT2D eigenvalue weighted by Gasteiger charge is 2.48. The van der Waals surface area contributed by atoms with Crippen LogP contribution in [-0.2, 0) is 4.79 Å². The fourth-order valence-electron chi connectivity index (χ4n) is 4.23. The third kappa shape index (κ3) is 4.57. The quantitative estimate of drug-likeness (QED) is 0.336. The number of nitrogens with one attached hydrogen (secondary N) is 1. The number of carbonyl (C=O) groups excluding carboxylic acids is 1. The standard InChI is InChI=1S/C23H29FN6OS/c1-14(2)30(3)21-19(12-26-22(25)28-21)27-20(13-31)15-5-6-18(17(24)9-15)29-32-16-10-23(11-16)7-4-8-23/h5-6,9,12-14,16,29H,4,7-8,10-11H2,1-3H3,(H2,25,26,28). The monoisotopic (exact) mass is 456 g/mol. The van der Waals surface area contributed by atoms with Gasteiger partial charge in [-0.3, -0.25) is 4.79 Å². The van der Waals surface area contributed by atoms with E-state index in [0.717, 1.165) is 0 Å². The van der Waals surface area contributed by atoms with Gasteiger partial charge in [-0.15, -0.1) is 0 Å². The smallest absolute Gasteiger partial charge is 0.222 e. The maximum atomic E-state index is 14.8. The second kappa shape index (κ2) is 9.05. The number of rotatable bonds is 8. The number of nitrogens with two attached hydrogens (primary N) is 1. The molecule has 170 valence electrons. The van der Waals surface area contributed by atoms with Crippen LogP contribution in [0.5, 0.6) is 0 Å². The largest absolute Gasteiger partial charge is 0.368 e. The van der Waals surface area contributed by atoms with E-state index in [-0.39, 0.29) is 17.7 Å². The number of benzene rings is 1. The average molecular weight is 457 g/mol. The zero-order valence-electron chi connectivity index (χ0n) is 18.6. The molecule has 0 radical (unpaired) electrons. The maximum Gasteiger partial charge on any atom is 0.222 e. The summed E-state index contributed by atoms with van der Waals surface area (Å²) in [5.74, 6) is 0.204. The molecule has 3 N–H and O–H groups in total. The second-order valence-corrected chi connectivity index (χ2v) is 10.2. The van der Waals surface area contributed by atoms with Gasteiger partial charge in [-0.1, -0.05) is 12.5 Å². The van der Waals surface area contributed by atoms with Crippen LogP contribution in [0.25, 0.3) is 0 Å². The molecule has 32 heavy (non-hydrogen) atoms. The molecule has 0 aliphatic heterocycles. The van der Waals surface area contributed by atoms with Crippen LogP contribution in [0, 0.1) is 11.2 Å². The summed E-state index contributed by atoms with van der Waals surface area (Å²) in [7, 11) is 1.86. The van der Waals surface area contributed by atoms with Crippen molar-refractivity contribution in [1.82, 2.24) is 9.97 Å². The molecule has 2 fully saturated rings. The van der Waals surface area contributed by atoms with Crippen LogP contribution >= 0.6 is 11.9 Å². The Morgan fingerprint density at radius 1 is 1.41 bits per heavy atom. The van der Waals surface area contributed by atoms with E-state index in [9.17, 15) is 9.18 Å².